The molecule has 0 bridgehead atoms. The Labute approximate surface area is 145 Å². The Morgan fingerprint density at radius 2 is 1.41 bits per heavy atom. The van der Waals surface area contributed by atoms with Crippen LogP contribution in [0.25, 0.3) is 5.73 Å². The number of aliphatic carboxylic acids is 2. The maximum absolute atomic E-state index is 9.60. The molecule has 1 aliphatic carbocycles. The zero-order valence-corrected chi connectivity index (χ0v) is 14.9. The standard InChI is InChI=1S/C7H13N.C4H6O2.C3H4O3.H2O.Pt/c1-6-4-2-3-5-7(6)8;1-3(2)4(5)6;1-2(4)3(5)6;;/h6-8H,1-5H2;1H2,2H3,(H,5,6);4H,1H2,(H,5,6);1H2;/q-2;;;;+2. The van der Waals surface area contributed by atoms with Gasteiger partial charge in [0, 0.05) is 5.57 Å². The molecule has 0 aromatic heterocycles. The van der Waals surface area contributed by atoms with Gasteiger partial charge in [-0.3, -0.25) is 0 Å². The molecule has 1 fully saturated rings. The van der Waals surface area contributed by atoms with Crippen LogP contribution in [0.2, 0.25) is 0 Å². The molecule has 0 aromatic carbocycles. The Bertz CT molecular complexity index is 301. The van der Waals surface area contributed by atoms with Gasteiger partial charge in [-0.1, -0.05) is 32.3 Å². The first-order chi connectivity index (χ1) is 9.09. The van der Waals surface area contributed by atoms with E-state index in [0.29, 0.717) is 5.92 Å². The number of carboxylic acids is 2. The SMILES string of the molecule is C=C(C)C(=O)O.C=C(O)C(=O)O.O.[CH2-]C1CCCCC1[NH-].[Pt+2]. The van der Waals surface area contributed by atoms with Crippen molar-refractivity contribution in [2.45, 2.75) is 38.6 Å². The Kier molecular flexibility index (Phi) is 21.3. The van der Waals surface area contributed by atoms with E-state index in [2.05, 4.69) is 20.1 Å². The van der Waals surface area contributed by atoms with Crippen molar-refractivity contribution < 1.29 is 51.5 Å². The minimum Gasteiger partial charge on any atom is -0.677 e. The van der Waals surface area contributed by atoms with E-state index in [1.54, 1.807) is 0 Å². The summed E-state index contributed by atoms with van der Waals surface area (Å²) in [5.41, 5.74) is 7.59. The maximum Gasteiger partial charge on any atom is 2.00 e. The van der Waals surface area contributed by atoms with E-state index in [-0.39, 0.29) is 38.2 Å². The van der Waals surface area contributed by atoms with E-state index in [0.717, 1.165) is 6.42 Å². The van der Waals surface area contributed by atoms with Crippen molar-refractivity contribution in [2.75, 3.05) is 0 Å². The van der Waals surface area contributed by atoms with Gasteiger partial charge >= 0.3 is 33.0 Å². The number of aliphatic hydroxyl groups excluding tert-OH is 1. The molecular weight excluding hydrogens is 473 g/mol. The number of aliphatic hydroxyl groups is 1. The summed E-state index contributed by atoms with van der Waals surface area (Å²) >= 11 is 0. The van der Waals surface area contributed by atoms with Crippen LogP contribution in [0.3, 0.4) is 0 Å². The van der Waals surface area contributed by atoms with Crippen LogP contribution in [0, 0.1) is 12.8 Å². The number of hydrogen-bond acceptors (Lipinski definition) is 3. The van der Waals surface area contributed by atoms with Crippen molar-refractivity contribution in [3.8, 4) is 0 Å². The Hall–Kier alpha value is -1.17. The van der Waals surface area contributed by atoms with Crippen molar-refractivity contribution in [3.05, 3.63) is 37.1 Å². The minimum absolute atomic E-state index is 0. The molecule has 0 heterocycles. The van der Waals surface area contributed by atoms with Gasteiger partial charge in [0.2, 0.25) is 0 Å². The summed E-state index contributed by atoms with van der Waals surface area (Å²) in [4.78, 5) is 18.9. The van der Waals surface area contributed by atoms with Crippen LogP contribution in [0.5, 0.6) is 0 Å². The van der Waals surface area contributed by atoms with Crippen LogP contribution < -0.4 is 0 Å². The second-order valence-corrected chi connectivity index (χ2v) is 4.49. The average Bonchev–Trinajstić information content (AvgIpc) is 2.34. The van der Waals surface area contributed by atoms with E-state index >= 15 is 0 Å². The molecule has 6 N–H and O–H groups in total. The first-order valence-corrected chi connectivity index (χ1v) is 6.13. The number of hydrogen-bond donors (Lipinski definition) is 3. The van der Waals surface area contributed by atoms with Crippen LogP contribution >= 0.6 is 0 Å². The minimum atomic E-state index is -1.38. The second kappa shape index (κ2) is 16.2. The Morgan fingerprint density at radius 1 is 1.09 bits per heavy atom. The van der Waals surface area contributed by atoms with Gasteiger partial charge in [-0.25, -0.2) is 9.59 Å². The summed E-state index contributed by atoms with van der Waals surface area (Å²) in [6, 6.07) is 0.142. The maximum atomic E-state index is 9.60. The quantitative estimate of drug-likeness (QED) is 0.304. The van der Waals surface area contributed by atoms with E-state index in [9.17, 15) is 9.59 Å². The molecule has 8 heteroatoms. The van der Waals surface area contributed by atoms with E-state index < -0.39 is 17.7 Å². The fourth-order valence-electron chi connectivity index (χ4n) is 1.21. The fourth-order valence-corrected chi connectivity index (χ4v) is 1.21. The molecule has 7 nitrogen and oxygen atoms in total. The first-order valence-electron chi connectivity index (χ1n) is 6.13. The predicted molar refractivity (Wildman–Crippen MR) is 80.9 cm³/mol. The van der Waals surface area contributed by atoms with E-state index in [1.807, 2.05) is 0 Å². The van der Waals surface area contributed by atoms with Crippen molar-refractivity contribution in [2.24, 2.45) is 5.92 Å². The van der Waals surface area contributed by atoms with Crippen molar-refractivity contribution in [1.82, 2.24) is 0 Å². The second-order valence-electron chi connectivity index (χ2n) is 4.49. The predicted octanol–water partition coefficient (Wildman–Crippen LogP) is 2.39. The summed E-state index contributed by atoms with van der Waals surface area (Å²) in [6.07, 6.45) is 4.80. The number of rotatable bonds is 2. The van der Waals surface area contributed by atoms with Gasteiger partial charge in [-0.15, -0.1) is 0 Å². The monoisotopic (exact) mass is 498 g/mol. The molecule has 0 radical (unpaired) electrons. The van der Waals surface area contributed by atoms with Crippen LogP contribution in [0.1, 0.15) is 32.6 Å². The third-order valence-corrected chi connectivity index (χ3v) is 2.52. The zero-order valence-electron chi connectivity index (χ0n) is 12.6. The zero-order chi connectivity index (χ0) is 16.3. The molecule has 0 aliphatic heterocycles. The smallest absolute Gasteiger partial charge is 0.677 e. The molecule has 132 valence electrons. The Morgan fingerprint density at radius 3 is 1.55 bits per heavy atom. The molecule has 1 aliphatic rings. The van der Waals surface area contributed by atoms with Crippen LogP contribution in [0.4, 0.5) is 0 Å². The molecule has 0 amide bonds. The van der Waals surface area contributed by atoms with E-state index in [4.69, 9.17) is 21.1 Å². The third-order valence-electron chi connectivity index (χ3n) is 2.52. The summed E-state index contributed by atoms with van der Waals surface area (Å²) in [6.45, 7) is 11.2. The molecule has 1 rings (SSSR count). The summed E-state index contributed by atoms with van der Waals surface area (Å²) < 4.78 is 0. The molecule has 2 unspecified atom stereocenters. The molecule has 0 aromatic rings. The van der Waals surface area contributed by atoms with Crippen LogP contribution in [-0.2, 0) is 30.7 Å². The van der Waals surface area contributed by atoms with Crippen LogP contribution in [0.15, 0.2) is 24.5 Å². The first kappa shape index (κ1) is 28.9. The molecule has 0 saturated heterocycles. The third kappa shape index (κ3) is 18.8. The molecular formula is C14H25NO6Pt. The van der Waals surface area contributed by atoms with Crippen molar-refractivity contribution in [3.63, 3.8) is 0 Å². The molecule has 1 saturated carbocycles. The molecule has 0 spiro atoms. The Balaban J connectivity index is -0.000000108. The van der Waals surface area contributed by atoms with Gasteiger partial charge in [-0.2, -0.15) is 12.0 Å². The topological polar surface area (TPSA) is 150 Å². The van der Waals surface area contributed by atoms with Gasteiger partial charge in [0.15, 0.2) is 5.76 Å². The van der Waals surface area contributed by atoms with Gasteiger partial charge in [0.05, 0.1) is 0 Å². The molecule has 2 atom stereocenters. The van der Waals surface area contributed by atoms with Gasteiger partial charge in [0.25, 0.3) is 0 Å². The van der Waals surface area contributed by atoms with Crippen LogP contribution in [-0.4, -0.2) is 38.8 Å². The van der Waals surface area contributed by atoms with E-state index in [1.165, 1.54) is 26.2 Å². The van der Waals surface area contributed by atoms with Gasteiger partial charge in [0.1, 0.15) is 0 Å². The number of carboxylic acid groups (broad SMARTS) is 2. The van der Waals surface area contributed by atoms with Crippen molar-refractivity contribution >= 4 is 11.9 Å². The molecule has 22 heavy (non-hydrogen) atoms. The largest absolute Gasteiger partial charge is 2.00 e. The van der Waals surface area contributed by atoms with Crippen molar-refractivity contribution in [1.29, 1.82) is 0 Å². The summed E-state index contributed by atoms with van der Waals surface area (Å²) in [5, 5.41) is 23.4. The average molecular weight is 498 g/mol. The van der Waals surface area contributed by atoms with Gasteiger partial charge < -0.3 is 33.5 Å². The summed E-state index contributed by atoms with van der Waals surface area (Å²) in [5.74, 6) is -2.72. The summed E-state index contributed by atoms with van der Waals surface area (Å²) in [7, 11) is 0. The van der Waals surface area contributed by atoms with Gasteiger partial charge in [-0.05, 0) is 13.5 Å². The number of carbonyl (C=O) groups is 2. The number of nitrogens with one attached hydrogen (secondary N) is 1. The normalized spacial score (nSPS) is 18.5. The fraction of sp³-hybridized carbons (Fsp3) is 0.500.